The quantitative estimate of drug-likeness (QED) is 0.566. The normalized spacial score (nSPS) is 11.0. The lowest BCUT2D eigenvalue weighted by atomic mass is 10.1. The van der Waals surface area contributed by atoms with Crippen molar-refractivity contribution in [2.24, 2.45) is 0 Å². The van der Waals surface area contributed by atoms with E-state index in [1.54, 1.807) is 0 Å². The molecule has 1 N–H and O–H groups in total. The lowest BCUT2D eigenvalue weighted by Crippen LogP contribution is -1.89. The van der Waals surface area contributed by atoms with Gasteiger partial charge < -0.3 is 9.73 Å². The van der Waals surface area contributed by atoms with E-state index in [4.69, 9.17) is 4.42 Å². The molecule has 0 aliphatic carbocycles. The number of nitrogens with zero attached hydrogens (tertiary/aromatic N) is 1. The first kappa shape index (κ1) is 11.1. The lowest BCUT2D eigenvalue weighted by molar-refractivity contribution is 0.623. The van der Waals surface area contributed by atoms with Gasteiger partial charge in [-0.3, -0.25) is 0 Å². The SMILES string of the molecule is c1ccc2cc(Nc3nc4ccccc4o3)ccc2c1. The minimum absolute atomic E-state index is 0.515. The van der Waals surface area contributed by atoms with Gasteiger partial charge in [0, 0.05) is 5.69 Å². The Kier molecular flexibility index (Phi) is 2.42. The van der Waals surface area contributed by atoms with E-state index in [-0.39, 0.29) is 0 Å². The molecule has 0 unspecified atom stereocenters. The van der Waals surface area contributed by atoms with Crippen molar-refractivity contribution in [2.75, 3.05) is 5.32 Å². The third-order valence-electron chi connectivity index (χ3n) is 3.29. The van der Waals surface area contributed by atoms with Gasteiger partial charge in [-0.1, -0.05) is 42.5 Å². The van der Waals surface area contributed by atoms with E-state index in [1.165, 1.54) is 10.8 Å². The number of hydrogen-bond acceptors (Lipinski definition) is 3. The number of aromatic nitrogens is 1. The van der Waals surface area contributed by atoms with Crippen molar-refractivity contribution in [3.8, 4) is 0 Å². The first-order valence-electron chi connectivity index (χ1n) is 6.50. The summed E-state index contributed by atoms with van der Waals surface area (Å²) in [6, 6.07) is 22.7. The molecule has 0 aliphatic heterocycles. The first-order chi connectivity index (χ1) is 9.88. The summed E-state index contributed by atoms with van der Waals surface area (Å²) in [5.41, 5.74) is 2.61. The van der Waals surface area contributed by atoms with Crippen LogP contribution in [0.2, 0.25) is 0 Å². The van der Waals surface area contributed by atoms with Crippen LogP contribution in [-0.2, 0) is 0 Å². The van der Waals surface area contributed by atoms with Crippen LogP contribution in [0.3, 0.4) is 0 Å². The zero-order valence-corrected chi connectivity index (χ0v) is 10.7. The fraction of sp³-hybridized carbons (Fsp3) is 0. The van der Waals surface area contributed by atoms with Gasteiger partial charge in [0.25, 0.3) is 6.01 Å². The van der Waals surface area contributed by atoms with Gasteiger partial charge in [0.1, 0.15) is 5.52 Å². The molecule has 0 fully saturated rings. The summed E-state index contributed by atoms with van der Waals surface area (Å²) in [4.78, 5) is 4.41. The molecule has 0 atom stereocenters. The molecule has 0 radical (unpaired) electrons. The van der Waals surface area contributed by atoms with Crippen LogP contribution in [0.15, 0.2) is 71.1 Å². The van der Waals surface area contributed by atoms with Crippen LogP contribution in [0.25, 0.3) is 21.9 Å². The van der Waals surface area contributed by atoms with Crippen LogP contribution in [-0.4, -0.2) is 4.98 Å². The summed E-state index contributed by atoms with van der Waals surface area (Å²) in [5.74, 6) is 0. The summed E-state index contributed by atoms with van der Waals surface area (Å²) in [5, 5.41) is 5.61. The molecule has 4 aromatic rings. The van der Waals surface area contributed by atoms with Crippen LogP contribution in [0.1, 0.15) is 0 Å². The third-order valence-corrected chi connectivity index (χ3v) is 3.29. The summed E-state index contributed by atoms with van der Waals surface area (Å²) in [6.07, 6.45) is 0. The van der Waals surface area contributed by atoms with Crippen molar-refractivity contribution in [1.82, 2.24) is 4.98 Å². The van der Waals surface area contributed by atoms with Gasteiger partial charge in [-0.25, -0.2) is 0 Å². The number of oxazole rings is 1. The number of hydrogen-bond donors (Lipinski definition) is 1. The minimum Gasteiger partial charge on any atom is -0.423 e. The minimum atomic E-state index is 0.515. The predicted molar refractivity (Wildman–Crippen MR) is 81.2 cm³/mol. The monoisotopic (exact) mass is 260 g/mol. The molecule has 3 nitrogen and oxygen atoms in total. The molecule has 20 heavy (non-hydrogen) atoms. The molecule has 0 spiro atoms. The van der Waals surface area contributed by atoms with Crippen LogP contribution in [0.5, 0.6) is 0 Å². The zero-order valence-electron chi connectivity index (χ0n) is 10.7. The Morgan fingerprint density at radius 3 is 2.50 bits per heavy atom. The van der Waals surface area contributed by atoms with Crippen LogP contribution in [0.4, 0.5) is 11.7 Å². The van der Waals surface area contributed by atoms with E-state index in [9.17, 15) is 0 Å². The van der Waals surface area contributed by atoms with Crippen molar-refractivity contribution in [2.45, 2.75) is 0 Å². The maximum absolute atomic E-state index is 5.66. The molecule has 0 bridgehead atoms. The summed E-state index contributed by atoms with van der Waals surface area (Å²) in [6.45, 7) is 0. The molecule has 0 aliphatic rings. The molecule has 4 rings (SSSR count). The van der Waals surface area contributed by atoms with Crippen LogP contribution < -0.4 is 5.32 Å². The Morgan fingerprint density at radius 1 is 0.800 bits per heavy atom. The standard InChI is InChI=1S/C17H12N2O/c1-2-6-13-11-14(10-9-12(13)5-1)18-17-19-15-7-3-4-8-16(15)20-17/h1-11H,(H,18,19). The second-order valence-electron chi connectivity index (χ2n) is 4.67. The molecule has 1 heterocycles. The molecule has 0 saturated heterocycles. The first-order valence-corrected chi connectivity index (χ1v) is 6.50. The molecule has 0 amide bonds. The fourth-order valence-corrected chi connectivity index (χ4v) is 2.32. The van der Waals surface area contributed by atoms with Gasteiger partial charge in [-0.05, 0) is 35.0 Å². The molecule has 96 valence electrons. The number of benzene rings is 3. The second kappa shape index (κ2) is 4.38. The van der Waals surface area contributed by atoms with Crippen molar-refractivity contribution in [1.29, 1.82) is 0 Å². The molecular weight excluding hydrogens is 248 g/mol. The smallest absolute Gasteiger partial charge is 0.300 e. The van der Waals surface area contributed by atoms with Gasteiger partial charge in [-0.2, -0.15) is 4.98 Å². The Bertz CT molecular complexity index is 862. The van der Waals surface area contributed by atoms with E-state index in [2.05, 4.69) is 34.6 Å². The number of para-hydroxylation sites is 2. The molecule has 3 heteroatoms. The van der Waals surface area contributed by atoms with Crippen LogP contribution in [0, 0.1) is 0 Å². The Morgan fingerprint density at radius 2 is 1.60 bits per heavy atom. The number of nitrogens with one attached hydrogen (secondary N) is 1. The highest BCUT2D eigenvalue weighted by Gasteiger charge is 2.05. The van der Waals surface area contributed by atoms with Crippen molar-refractivity contribution < 1.29 is 4.42 Å². The van der Waals surface area contributed by atoms with Crippen molar-refractivity contribution >= 4 is 33.6 Å². The third kappa shape index (κ3) is 1.89. The van der Waals surface area contributed by atoms with E-state index < -0.39 is 0 Å². The topological polar surface area (TPSA) is 38.1 Å². The highest BCUT2D eigenvalue weighted by atomic mass is 16.4. The second-order valence-corrected chi connectivity index (χ2v) is 4.67. The Balaban J connectivity index is 1.72. The summed E-state index contributed by atoms with van der Waals surface area (Å²) in [7, 11) is 0. The Hall–Kier alpha value is -2.81. The largest absolute Gasteiger partial charge is 0.423 e. The summed E-state index contributed by atoms with van der Waals surface area (Å²) < 4.78 is 5.66. The molecule has 0 saturated carbocycles. The van der Waals surface area contributed by atoms with E-state index in [0.29, 0.717) is 6.01 Å². The van der Waals surface area contributed by atoms with Gasteiger partial charge in [0.05, 0.1) is 0 Å². The van der Waals surface area contributed by atoms with Gasteiger partial charge in [0.2, 0.25) is 0 Å². The maximum atomic E-state index is 5.66. The maximum Gasteiger partial charge on any atom is 0.300 e. The van der Waals surface area contributed by atoms with E-state index in [0.717, 1.165) is 16.8 Å². The Labute approximate surface area is 115 Å². The van der Waals surface area contributed by atoms with Gasteiger partial charge in [-0.15, -0.1) is 0 Å². The van der Waals surface area contributed by atoms with Gasteiger partial charge >= 0.3 is 0 Å². The highest BCUT2D eigenvalue weighted by Crippen LogP contribution is 2.24. The zero-order chi connectivity index (χ0) is 13.4. The average Bonchev–Trinajstić information content (AvgIpc) is 2.89. The highest BCUT2D eigenvalue weighted by molar-refractivity contribution is 5.86. The summed E-state index contributed by atoms with van der Waals surface area (Å²) >= 11 is 0. The predicted octanol–water partition coefficient (Wildman–Crippen LogP) is 4.72. The molecule has 1 aromatic heterocycles. The number of anilines is 2. The van der Waals surface area contributed by atoms with Gasteiger partial charge in [0.15, 0.2) is 5.58 Å². The van der Waals surface area contributed by atoms with Crippen molar-refractivity contribution in [3.05, 3.63) is 66.7 Å². The van der Waals surface area contributed by atoms with E-state index >= 15 is 0 Å². The fourth-order valence-electron chi connectivity index (χ4n) is 2.32. The van der Waals surface area contributed by atoms with Crippen molar-refractivity contribution in [3.63, 3.8) is 0 Å². The average molecular weight is 260 g/mol. The van der Waals surface area contributed by atoms with E-state index in [1.807, 2.05) is 42.5 Å². The number of fused-ring (bicyclic) bond motifs is 2. The lowest BCUT2D eigenvalue weighted by Gasteiger charge is -2.03. The molecular formula is C17H12N2O. The van der Waals surface area contributed by atoms with Crippen LogP contribution >= 0.6 is 0 Å². The molecule has 3 aromatic carbocycles. The number of rotatable bonds is 2.